The molecule has 15 amide bonds. The molecule has 0 unspecified atom stereocenters. The summed E-state index contributed by atoms with van der Waals surface area (Å²) in [6.45, 7) is 6.41. The van der Waals surface area contributed by atoms with Crippen LogP contribution in [0.2, 0.25) is 0 Å². The SMILES string of the molecule is CCCC[C@H]1C(=O)N(C)CC(=O)N[C@@H](CC(=O)O)C(=O)N[C@@H](C(C)C)C(=O)N(C)[C@@H](Cc2ccccc2)C(=O)N[C@@H](Cc2ccc(O)cc2)C(=O)N2C[C@@H](O)C[C@@H]2C(=O)N[C@@H](Cc2c[nH]c3ccccc23)C(=O)N[C@@H](Cc2ccc(O)cc2)C(=O)N[C@@H](CC(C)C)C(=O)N[C@H](C(=O)NCC(N)=O)CSCC(=O)N[C@@H](Cc2ccccc2)C(=O)N(C)[C@@H](CCc2ccccc2)C(=O)N1C. The fourth-order valence-electron chi connectivity index (χ4n) is 16.1. The summed E-state index contributed by atoms with van der Waals surface area (Å²) in [5, 5.41) is 67.5. The molecule has 0 spiro atoms. The number of para-hydroxylation sites is 1. The van der Waals surface area contributed by atoms with Gasteiger partial charge in [0.15, 0.2) is 0 Å². The number of aromatic hydroxyl groups is 2. The van der Waals surface area contributed by atoms with Crippen molar-refractivity contribution in [1.29, 1.82) is 0 Å². The van der Waals surface area contributed by atoms with Gasteiger partial charge >= 0.3 is 5.97 Å². The zero-order chi connectivity index (χ0) is 96.9. The molecule has 36 nitrogen and oxygen atoms in total. The Labute approximate surface area is 776 Å². The first-order valence-electron chi connectivity index (χ1n) is 44.4. The maximum absolute atomic E-state index is 15.8. The number of nitrogens with one attached hydrogen (secondary N) is 10. The number of unbranched alkanes of at least 4 members (excludes halogenated alkanes) is 1. The minimum Gasteiger partial charge on any atom is -0.508 e. The highest BCUT2D eigenvalue weighted by molar-refractivity contribution is 8.00. The van der Waals surface area contributed by atoms with Crippen molar-refractivity contribution in [3.8, 4) is 11.5 Å². The molecule has 2 saturated heterocycles. The Bertz CT molecular complexity index is 5230. The van der Waals surface area contributed by atoms with E-state index in [1.807, 2.05) is 19.1 Å². The van der Waals surface area contributed by atoms with Gasteiger partial charge in [-0.3, -0.25) is 76.7 Å². The molecular formula is C96H122N16O20S. The average Bonchev–Trinajstić information content (AvgIpc) is 1.73. The monoisotopic (exact) mass is 1850 g/mol. The number of aromatic amines is 1. The van der Waals surface area contributed by atoms with Crippen LogP contribution in [0.4, 0.5) is 0 Å². The summed E-state index contributed by atoms with van der Waals surface area (Å²) in [5.41, 5.74) is 9.19. The number of thioether (sulfide) groups is 1. The fourth-order valence-corrected chi connectivity index (χ4v) is 17.0. The Hall–Kier alpha value is -13.7. The standard InChI is InChI=1S/C96H122N16O20S/c1-10-11-31-76-94(130)108(6)53-81(117)100-72(49-83(119)120)89(125)107-84(57(4)5)96(132)111(9)78(46-60-27-19-14-20-28-60)90(126)105-74(45-62-34-39-65(114)40-35-62)93(129)112-52-66(115)48-79(112)91(127)104-71(47-63-50-98-68-30-22-21-29-67(63)68)88(124)103-70(43-61-32-37-64(113)38-33-61)87(123)102-69(42-56(2)3)86(122)106-75(85(121)99-51-80(97)116)54-133-55-82(118)101-73(44-59-25-17-13-18-26-59)92(128)109(7)77(95(131)110(76)8)41-36-58-23-15-12-16-24-58/h12-30,32-35,37-40,50,56-57,66,69-79,84,98,113-115H,10-11,31,36,41-49,51-55H2,1-9H3,(H2,97,116)(H,99,121)(H,100,117)(H,101,118)(H,102,123)(H,103,124)(H,104,127)(H,105,126)(H,106,122)(H,107,125)(H,119,120)/t66-,69-,70-,71-,72-,73-,74-,75-,76-,77-,78-,79+,84-/m0/s1. The quantitative estimate of drug-likeness (QED) is 0.0412. The van der Waals surface area contributed by atoms with Gasteiger partial charge in [-0.1, -0.05) is 181 Å². The number of phenolic OH excluding ortho intramolecular Hbond substituents is 2. The molecule has 13 atom stereocenters. The van der Waals surface area contributed by atoms with Crippen LogP contribution in [-0.4, -0.2) is 282 Å². The summed E-state index contributed by atoms with van der Waals surface area (Å²) in [5.74, 6) is -17.8. The molecule has 2 aliphatic heterocycles. The van der Waals surface area contributed by atoms with Gasteiger partial charge < -0.3 is 103 Å². The lowest BCUT2D eigenvalue weighted by Gasteiger charge is -2.37. The van der Waals surface area contributed by atoms with E-state index in [0.717, 1.165) is 32.0 Å². The number of aliphatic hydroxyl groups is 1. The molecular weight excluding hydrogens is 1730 g/mol. The molecule has 16 N–H and O–H groups in total. The lowest BCUT2D eigenvalue weighted by Crippen LogP contribution is -2.62. The summed E-state index contributed by atoms with van der Waals surface area (Å²) in [6.07, 6.45) is -1.64. The molecule has 9 rings (SSSR count). The van der Waals surface area contributed by atoms with Crippen molar-refractivity contribution in [2.45, 2.75) is 197 Å². The van der Waals surface area contributed by atoms with Gasteiger partial charge in [0.25, 0.3) is 0 Å². The number of nitrogens with zero attached hydrogens (tertiary/aromatic N) is 5. The van der Waals surface area contributed by atoms with E-state index in [9.17, 15) is 49.2 Å². The summed E-state index contributed by atoms with van der Waals surface area (Å²) >= 11 is 0.826. The minimum absolute atomic E-state index is 0.0299. The first-order valence-corrected chi connectivity index (χ1v) is 45.5. The van der Waals surface area contributed by atoms with Gasteiger partial charge in [0.2, 0.25) is 88.6 Å². The van der Waals surface area contributed by atoms with Crippen LogP contribution < -0.4 is 53.6 Å². The predicted molar refractivity (Wildman–Crippen MR) is 495 cm³/mol. The smallest absolute Gasteiger partial charge is 0.305 e. The van der Waals surface area contributed by atoms with Gasteiger partial charge in [0, 0.05) is 96.1 Å². The number of carbonyl (C=O) groups is 16. The Morgan fingerprint density at radius 2 is 0.985 bits per heavy atom. The Morgan fingerprint density at radius 1 is 0.496 bits per heavy atom. The number of carbonyl (C=O) groups excluding carboxylic acids is 15. The molecule has 7 aromatic rings. The number of carboxylic acids is 1. The van der Waals surface area contributed by atoms with Crippen LogP contribution in [0.3, 0.4) is 0 Å². The number of amides is 15. The van der Waals surface area contributed by atoms with E-state index >= 15 is 47.9 Å². The van der Waals surface area contributed by atoms with Crippen molar-refractivity contribution in [3.05, 3.63) is 203 Å². The number of hydrogen-bond donors (Lipinski definition) is 15. The first-order chi connectivity index (χ1) is 63.4. The highest BCUT2D eigenvalue weighted by Crippen LogP contribution is 2.27. The van der Waals surface area contributed by atoms with E-state index in [2.05, 4.69) is 52.8 Å². The van der Waals surface area contributed by atoms with Crippen LogP contribution >= 0.6 is 11.8 Å². The molecule has 0 saturated carbocycles. The number of likely N-dealkylation sites (N-methyl/N-ethyl adjacent to an activating group) is 4. The fraction of sp³-hybridized carbons (Fsp3) is 0.438. The molecule has 2 aliphatic rings. The number of aliphatic carboxylic acids is 1. The second-order valence-corrected chi connectivity index (χ2v) is 35.6. The number of hydrogen-bond acceptors (Lipinski definition) is 20. The molecule has 3 heterocycles. The van der Waals surface area contributed by atoms with Crippen molar-refractivity contribution >= 4 is 117 Å². The molecule has 0 bridgehead atoms. The van der Waals surface area contributed by atoms with Gasteiger partial charge in [-0.05, 0) is 101 Å². The van der Waals surface area contributed by atoms with Crippen LogP contribution in [0.25, 0.3) is 10.9 Å². The first kappa shape index (κ1) is 103. The normalized spacial score (nSPS) is 23.1. The Kier molecular flexibility index (Phi) is 38.4. The molecule has 37 heteroatoms. The van der Waals surface area contributed by atoms with Crippen molar-refractivity contribution in [2.75, 3.05) is 59.3 Å². The zero-order valence-corrected chi connectivity index (χ0v) is 76.9. The number of fused-ring (bicyclic) bond motifs is 2. The third kappa shape index (κ3) is 30.2. The highest BCUT2D eigenvalue weighted by Gasteiger charge is 2.46. The highest BCUT2D eigenvalue weighted by atomic mass is 32.2. The topological polar surface area (TPSA) is 520 Å². The van der Waals surface area contributed by atoms with Crippen molar-refractivity contribution < 1.29 is 97.1 Å². The maximum Gasteiger partial charge on any atom is 0.305 e. The lowest BCUT2D eigenvalue weighted by atomic mass is 9.98. The number of aryl methyl sites for hydroxylation is 1. The van der Waals surface area contributed by atoms with Crippen LogP contribution in [0.15, 0.2) is 170 Å². The molecule has 1 aromatic heterocycles. The summed E-state index contributed by atoms with van der Waals surface area (Å²) < 4.78 is 0. The van der Waals surface area contributed by atoms with Crippen LogP contribution in [0, 0.1) is 11.8 Å². The van der Waals surface area contributed by atoms with Gasteiger partial charge in [0.1, 0.15) is 84.0 Å². The molecule has 0 radical (unpaired) electrons. The minimum atomic E-state index is -1.92. The van der Waals surface area contributed by atoms with E-state index < -0.39 is 223 Å². The number of benzene rings is 6. The maximum atomic E-state index is 15.8. The van der Waals surface area contributed by atoms with Gasteiger partial charge in [-0.15, -0.1) is 11.8 Å². The van der Waals surface area contributed by atoms with E-state index in [1.165, 1.54) is 86.5 Å². The van der Waals surface area contributed by atoms with Gasteiger partial charge in [0.05, 0.1) is 31.4 Å². The van der Waals surface area contributed by atoms with E-state index in [1.54, 1.807) is 137 Å². The molecule has 6 aromatic carbocycles. The number of rotatable bonds is 24. The Morgan fingerprint density at radius 3 is 1.56 bits per heavy atom. The zero-order valence-electron chi connectivity index (χ0n) is 76.1. The predicted octanol–water partition coefficient (Wildman–Crippen LogP) is 2.22. The summed E-state index contributed by atoms with van der Waals surface area (Å²) in [7, 11) is 5.29. The van der Waals surface area contributed by atoms with Crippen molar-refractivity contribution in [2.24, 2.45) is 17.6 Å². The number of phenols is 2. The number of H-pyrrole nitrogens is 1. The second kappa shape index (κ2) is 49.5. The second-order valence-electron chi connectivity index (χ2n) is 34.5. The third-order valence-electron chi connectivity index (χ3n) is 23.4. The van der Waals surface area contributed by atoms with Crippen LogP contribution in [0.1, 0.15) is 113 Å². The molecule has 2 fully saturated rings. The van der Waals surface area contributed by atoms with Crippen molar-refractivity contribution in [3.63, 3.8) is 0 Å². The summed E-state index contributed by atoms with van der Waals surface area (Å²) in [6, 6.07) is 25.5. The van der Waals surface area contributed by atoms with Gasteiger partial charge in [-0.2, -0.15) is 0 Å². The number of carboxylic acid groups (broad SMARTS) is 1. The average molecular weight is 1850 g/mol. The lowest BCUT2D eigenvalue weighted by molar-refractivity contribution is -0.151. The largest absolute Gasteiger partial charge is 0.508 e. The van der Waals surface area contributed by atoms with Crippen molar-refractivity contribution in [1.82, 2.24) is 77.3 Å². The number of aliphatic hydroxyl groups excluding tert-OH is 1. The third-order valence-corrected chi connectivity index (χ3v) is 24.5. The van der Waals surface area contributed by atoms with E-state index in [0.29, 0.717) is 51.6 Å². The molecule has 0 aliphatic carbocycles. The molecule has 133 heavy (non-hydrogen) atoms. The molecule has 712 valence electrons. The van der Waals surface area contributed by atoms with Crippen LogP contribution in [-0.2, 0) is 115 Å². The Balaban J connectivity index is 1.13. The number of nitrogens with two attached hydrogens (primary N) is 1. The number of aromatic nitrogens is 1. The van der Waals surface area contributed by atoms with E-state index in [4.69, 9.17) is 5.73 Å². The van der Waals surface area contributed by atoms with E-state index in [-0.39, 0.29) is 75.2 Å². The number of primary amides is 1. The van der Waals surface area contributed by atoms with Gasteiger partial charge in [-0.25, -0.2) is 0 Å². The summed E-state index contributed by atoms with van der Waals surface area (Å²) in [4.78, 5) is 246. The van der Waals surface area contributed by atoms with Crippen LogP contribution in [0.5, 0.6) is 11.5 Å².